The Kier molecular flexibility index (Phi) is 9.23. The van der Waals surface area contributed by atoms with Crippen molar-refractivity contribution in [2.45, 2.75) is 0 Å². The number of nitrogens with zero attached hydrogens (tertiary/aromatic N) is 6. The molecule has 7 aromatic carbocycles. The zero-order valence-corrected chi connectivity index (χ0v) is 30.2. The summed E-state index contributed by atoms with van der Waals surface area (Å²) in [6, 6.07) is 67.1. The summed E-state index contributed by atoms with van der Waals surface area (Å²) in [5.41, 5.74) is 12.1. The van der Waals surface area contributed by atoms with Crippen LogP contribution in [0.25, 0.3) is 90.3 Å². The van der Waals surface area contributed by atoms with E-state index in [0.717, 1.165) is 67.0 Å². The summed E-state index contributed by atoms with van der Waals surface area (Å²) in [6.45, 7) is 0. The topological polar surface area (TPSA) is 88.2 Å². The number of rotatable bonds is 8. The van der Waals surface area contributed by atoms with Gasteiger partial charge in [0.25, 0.3) is 0 Å². The molecule has 262 valence electrons. The van der Waals surface area contributed by atoms with Gasteiger partial charge in [0.05, 0.1) is 23.0 Å². The van der Waals surface area contributed by atoms with Gasteiger partial charge in [-0.15, -0.1) is 0 Å². The highest BCUT2D eigenvalue weighted by Crippen LogP contribution is 2.33. The van der Waals surface area contributed by atoms with Gasteiger partial charge in [0.2, 0.25) is 0 Å². The minimum atomic E-state index is 0.534. The molecule has 9 aromatic rings. The van der Waals surface area contributed by atoms with Crippen molar-refractivity contribution in [1.82, 2.24) is 24.9 Å². The molecule has 0 saturated carbocycles. The zero-order chi connectivity index (χ0) is 37.7. The van der Waals surface area contributed by atoms with E-state index in [2.05, 4.69) is 103 Å². The zero-order valence-electron chi connectivity index (χ0n) is 30.2. The third-order valence-corrected chi connectivity index (χ3v) is 9.58. The molecule has 0 aliphatic rings. The number of hydrogen-bond acceptors (Lipinski definition) is 6. The first kappa shape index (κ1) is 33.9. The van der Waals surface area contributed by atoms with Crippen LogP contribution in [-0.2, 0) is 0 Å². The highest BCUT2D eigenvalue weighted by Gasteiger charge is 2.15. The molecule has 0 amide bonds. The molecule has 0 unspecified atom stereocenters. The van der Waals surface area contributed by atoms with Crippen LogP contribution in [0.3, 0.4) is 0 Å². The molecular formula is C50H32N6. The molecular weight excluding hydrogens is 685 g/mol. The van der Waals surface area contributed by atoms with E-state index in [1.54, 1.807) is 12.1 Å². The Balaban J connectivity index is 1.12. The van der Waals surface area contributed by atoms with Crippen LogP contribution in [-0.4, -0.2) is 24.9 Å². The summed E-state index contributed by atoms with van der Waals surface area (Å²) < 4.78 is 0. The van der Waals surface area contributed by atoms with Gasteiger partial charge in [0.15, 0.2) is 23.3 Å². The first-order valence-corrected chi connectivity index (χ1v) is 18.3. The normalized spacial score (nSPS) is 10.8. The van der Waals surface area contributed by atoms with Crippen LogP contribution in [0.2, 0.25) is 0 Å². The lowest BCUT2D eigenvalue weighted by molar-refractivity contribution is 1.07. The average molecular weight is 717 g/mol. The Hall–Kier alpha value is -7.88. The number of nitriles is 1. The van der Waals surface area contributed by atoms with Crippen LogP contribution in [0.4, 0.5) is 0 Å². The average Bonchev–Trinajstić information content (AvgIpc) is 3.30. The fourth-order valence-electron chi connectivity index (χ4n) is 6.69. The predicted octanol–water partition coefficient (Wildman–Crippen LogP) is 11.9. The van der Waals surface area contributed by atoms with Gasteiger partial charge in [-0.3, -0.25) is 0 Å². The minimum Gasteiger partial charge on any atom is -0.228 e. The van der Waals surface area contributed by atoms with Crippen LogP contribution >= 0.6 is 0 Å². The highest BCUT2D eigenvalue weighted by molar-refractivity contribution is 5.78. The van der Waals surface area contributed by atoms with Crippen LogP contribution in [0.1, 0.15) is 5.56 Å². The Labute approximate surface area is 325 Å². The van der Waals surface area contributed by atoms with Crippen molar-refractivity contribution in [3.63, 3.8) is 0 Å². The van der Waals surface area contributed by atoms with Gasteiger partial charge in [-0.05, 0) is 70.8 Å². The van der Waals surface area contributed by atoms with Crippen molar-refractivity contribution in [1.29, 1.82) is 5.26 Å². The third-order valence-electron chi connectivity index (χ3n) is 9.58. The van der Waals surface area contributed by atoms with E-state index in [1.165, 1.54) is 0 Å². The summed E-state index contributed by atoms with van der Waals surface area (Å²) in [4.78, 5) is 25.0. The second kappa shape index (κ2) is 15.2. The second-order valence-corrected chi connectivity index (χ2v) is 13.3. The lowest BCUT2D eigenvalue weighted by atomic mass is 9.99. The van der Waals surface area contributed by atoms with Gasteiger partial charge >= 0.3 is 0 Å². The predicted molar refractivity (Wildman–Crippen MR) is 224 cm³/mol. The molecule has 2 heterocycles. The molecule has 6 heteroatoms. The van der Waals surface area contributed by atoms with Crippen LogP contribution in [0.15, 0.2) is 194 Å². The molecule has 0 N–H and O–H groups in total. The Morgan fingerprint density at radius 3 is 1.16 bits per heavy atom. The summed E-state index contributed by atoms with van der Waals surface area (Å²) in [5, 5.41) is 9.35. The van der Waals surface area contributed by atoms with Crippen molar-refractivity contribution >= 4 is 0 Å². The standard InChI is InChI=1S/C50H32N6/c51-33-34-25-27-38(28-26-34)48-54-47(37-17-8-3-9-18-37)55-50(56-48)44-24-12-21-41(31-44)40-20-11-23-43(30-40)49-52-45(36-15-6-2-7-16-36)32-46(53-49)42-22-10-19-39(29-42)35-13-4-1-5-14-35/h1-32H. The molecule has 0 atom stereocenters. The second-order valence-electron chi connectivity index (χ2n) is 13.3. The molecule has 0 spiro atoms. The number of aromatic nitrogens is 5. The van der Waals surface area contributed by atoms with Crippen molar-refractivity contribution in [2.24, 2.45) is 0 Å². The SMILES string of the molecule is N#Cc1ccc(-c2nc(-c3ccccc3)nc(-c3cccc(-c4cccc(-c5nc(-c6ccccc6)cc(-c6cccc(-c7ccccc7)c6)n5)c4)c3)n2)cc1. The Morgan fingerprint density at radius 1 is 0.268 bits per heavy atom. The quantitative estimate of drug-likeness (QED) is 0.156. The van der Waals surface area contributed by atoms with Crippen LogP contribution in [0.5, 0.6) is 0 Å². The molecule has 0 radical (unpaired) electrons. The molecule has 0 bridgehead atoms. The minimum absolute atomic E-state index is 0.534. The van der Waals surface area contributed by atoms with Crippen LogP contribution in [0, 0.1) is 11.3 Å². The Bertz CT molecular complexity index is 2850. The van der Waals surface area contributed by atoms with Crippen molar-refractivity contribution in [2.75, 3.05) is 0 Å². The fourth-order valence-corrected chi connectivity index (χ4v) is 6.69. The van der Waals surface area contributed by atoms with E-state index >= 15 is 0 Å². The molecule has 56 heavy (non-hydrogen) atoms. The number of benzene rings is 7. The van der Waals surface area contributed by atoms with E-state index in [9.17, 15) is 5.26 Å². The van der Waals surface area contributed by atoms with E-state index in [0.29, 0.717) is 28.9 Å². The summed E-state index contributed by atoms with van der Waals surface area (Å²) >= 11 is 0. The van der Waals surface area contributed by atoms with E-state index in [-0.39, 0.29) is 0 Å². The van der Waals surface area contributed by atoms with Gasteiger partial charge in [-0.25, -0.2) is 24.9 Å². The summed E-state index contributed by atoms with van der Waals surface area (Å²) in [7, 11) is 0. The van der Waals surface area contributed by atoms with Gasteiger partial charge in [-0.2, -0.15) is 5.26 Å². The lowest BCUT2D eigenvalue weighted by Crippen LogP contribution is -2.00. The maximum absolute atomic E-state index is 9.35. The van der Waals surface area contributed by atoms with Gasteiger partial charge in [0.1, 0.15) is 0 Å². The van der Waals surface area contributed by atoms with Crippen molar-refractivity contribution in [3.05, 3.63) is 200 Å². The molecule has 0 aliphatic carbocycles. The number of hydrogen-bond donors (Lipinski definition) is 0. The van der Waals surface area contributed by atoms with E-state index in [4.69, 9.17) is 24.9 Å². The monoisotopic (exact) mass is 716 g/mol. The molecule has 0 saturated heterocycles. The molecule has 2 aromatic heterocycles. The third kappa shape index (κ3) is 7.21. The summed E-state index contributed by atoms with van der Waals surface area (Å²) in [5.74, 6) is 2.30. The van der Waals surface area contributed by atoms with Gasteiger partial charge in [0, 0.05) is 33.4 Å². The first-order chi connectivity index (χ1) is 27.7. The van der Waals surface area contributed by atoms with Gasteiger partial charge in [-0.1, -0.05) is 146 Å². The largest absolute Gasteiger partial charge is 0.228 e. The smallest absolute Gasteiger partial charge is 0.164 e. The highest BCUT2D eigenvalue weighted by atomic mass is 15.0. The fraction of sp³-hybridized carbons (Fsp3) is 0. The van der Waals surface area contributed by atoms with E-state index in [1.807, 2.05) is 84.9 Å². The van der Waals surface area contributed by atoms with Crippen molar-refractivity contribution in [3.8, 4) is 96.4 Å². The Morgan fingerprint density at radius 2 is 0.625 bits per heavy atom. The lowest BCUT2D eigenvalue weighted by Gasteiger charge is -2.12. The van der Waals surface area contributed by atoms with Crippen LogP contribution < -0.4 is 0 Å². The maximum Gasteiger partial charge on any atom is 0.164 e. The van der Waals surface area contributed by atoms with Crippen molar-refractivity contribution < 1.29 is 0 Å². The first-order valence-electron chi connectivity index (χ1n) is 18.3. The van der Waals surface area contributed by atoms with Gasteiger partial charge < -0.3 is 0 Å². The summed E-state index contributed by atoms with van der Waals surface area (Å²) in [6.07, 6.45) is 0. The molecule has 0 fully saturated rings. The van der Waals surface area contributed by atoms with E-state index < -0.39 is 0 Å². The molecule has 9 rings (SSSR count). The molecule has 0 aliphatic heterocycles. The maximum atomic E-state index is 9.35. The molecule has 6 nitrogen and oxygen atoms in total.